The molecule has 0 bridgehead atoms. The summed E-state index contributed by atoms with van der Waals surface area (Å²) in [5, 5.41) is 4.91. The number of para-hydroxylation sites is 2. The molecule has 0 N–H and O–H groups in total. The zero-order chi connectivity index (χ0) is 37.8. The Morgan fingerprint density at radius 2 is 1.45 bits per heavy atom. The van der Waals surface area contributed by atoms with Crippen LogP contribution in [0.1, 0.15) is 26.4 Å². The van der Waals surface area contributed by atoms with Crippen molar-refractivity contribution in [3.63, 3.8) is 0 Å². The lowest BCUT2D eigenvalue weighted by molar-refractivity contribution is 0.917. The van der Waals surface area contributed by atoms with Gasteiger partial charge < -0.3 is 0 Å². The van der Waals surface area contributed by atoms with Crippen LogP contribution in [0, 0.1) is 0 Å². The van der Waals surface area contributed by atoms with Gasteiger partial charge in [-0.15, -0.1) is 11.3 Å². The van der Waals surface area contributed by atoms with Gasteiger partial charge in [0, 0.05) is 44.2 Å². The Hall–Kier alpha value is -5.25. The molecular formula is C41H28N2S. The summed E-state index contributed by atoms with van der Waals surface area (Å²) < 4.78 is 89.2. The third-order valence-electron chi connectivity index (χ3n) is 8.35. The molecule has 3 heteroatoms. The van der Waals surface area contributed by atoms with Crippen molar-refractivity contribution in [2.24, 2.45) is 0 Å². The van der Waals surface area contributed by atoms with Crippen molar-refractivity contribution in [3.05, 3.63) is 145 Å². The van der Waals surface area contributed by atoms with Gasteiger partial charge in [-0.1, -0.05) is 116 Å². The average molecular weight is 591 g/mol. The molecule has 0 aliphatic carbocycles. The summed E-state index contributed by atoms with van der Waals surface area (Å²) in [6.07, 6.45) is -2.85. The van der Waals surface area contributed by atoms with Gasteiger partial charge in [-0.05, 0) is 63.4 Å². The van der Waals surface area contributed by atoms with Crippen LogP contribution in [0.4, 0.5) is 0 Å². The molecule has 2 aromatic heterocycles. The van der Waals surface area contributed by atoms with Gasteiger partial charge in [-0.3, -0.25) is 4.57 Å². The highest BCUT2D eigenvalue weighted by atomic mass is 32.1. The Kier molecular flexibility index (Phi) is 3.86. The number of fused-ring (bicyclic) bond motifs is 6. The van der Waals surface area contributed by atoms with E-state index in [0.717, 1.165) is 42.1 Å². The lowest BCUT2D eigenvalue weighted by Gasteiger charge is -2.21. The molecule has 7 aromatic carbocycles. The molecule has 0 unspecified atom stereocenters. The van der Waals surface area contributed by atoms with Crippen LogP contribution < -0.4 is 0 Å². The van der Waals surface area contributed by atoms with Crippen molar-refractivity contribution in [2.75, 3.05) is 0 Å². The Labute approximate surface area is 273 Å². The summed E-state index contributed by atoms with van der Waals surface area (Å²) in [7, 11) is 0. The molecular weight excluding hydrogens is 553 g/mol. The van der Waals surface area contributed by atoms with Gasteiger partial charge in [0.25, 0.3) is 0 Å². The van der Waals surface area contributed by atoms with E-state index in [1.54, 1.807) is 46.2 Å². The van der Waals surface area contributed by atoms with Crippen LogP contribution in [0.25, 0.3) is 80.7 Å². The van der Waals surface area contributed by atoms with Crippen LogP contribution in [0.3, 0.4) is 0 Å². The van der Waals surface area contributed by atoms with E-state index in [0.29, 0.717) is 33.1 Å². The van der Waals surface area contributed by atoms with Crippen LogP contribution in [0.15, 0.2) is 139 Å². The summed E-state index contributed by atoms with van der Waals surface area (Å²) in [6.45, 7) is -3.05. The number of imidazole rings is 1. The van der Waals surface area contributed by atoms with E-state index in [4.69, 9.17) is 13.7 Å². The van der Waals surface area contributed by atoms with Crippen LogP contribution in [0.2, 0.25) is 0 Å². The fourth-order valence-corrected chi connectivity index (χ4v) is 7.69. The van der Waals surface area contributed by atoms with Gasteiger partial charge in [-0.2, -0.15) is 0 Å². The standard InChI is InChI=1S/C41H28N2S/c1-2-38-42-34-19-9-10-20-35(34)43(38)41-29-16-7-6-15-28(29)39(33-25-27(23-24-30(33)41)26-13-4-3-5-14-26)32-18-12-22-37-40(32)31-17-8-11-21-36(31)44-37/h3-25H,2H2,1H3/i1D3,2D2,3D,4D,5D,13D,14D. The van der Waals surface area contributed by atoms with Gasteiger partial charge in [-0.25, -0.2) is 4.98 Å². The highest BCUT2D eigenvalue weighted by molar-refractivity contribution is 7.25. The summed E-state index contributed by atoms with van der Waals surface area (Å²) in [4.78, 5) is 4.63. The molecule has 2 heterocycles. The van der Waals surface area contributed by atoms with Crippen molar-refractivity contribution in [3.8, 4) is 27.9 Å². The Morgan fingerprint density at radius 3 is 2.34 bits per heavy atom. The van der Waals surface area contributed by atoms with Crippen LogP contribution in [-0.2, 0) is 6.37 Å². The average Bonchev–Trinajstić information content (AvgIpc) is 3.74. The van der Waals surface area contributed by atoms with E-state index >= 15 is 0 Å². The Morgan fingerprint density at radius 1 is 0.705 bits per heavy atom. The fraction of sp³-hybridized carbons (Fsp3) is 0.0488. The van der Waals surface area contributed by atoms with Crippen molar-refractivity contribution < 1.29 is 13.7 Å². The first-order chi connectivity index (χ1) is 25.8. The summed E-state index contributed by atoms with van der Waals surface area (Å²) >= 11 is 1.68. The molecule has 0 atom stereocenters. The van der Waals surface area contributed by atoms with Crippen molar-refractivity contribution >= 4 is 64.1 Å². The maximum absolute atomic E-state index is 8.96. The lowest BCUT2D eigenvalue weighted by atomic mass is 9.87. The zero-order valence-electron chi connectivity index (χ0n) is 33.2. The third-order valence-corrected chi connectivity index (χ3v) is 9.49. The minimum atomic E-state index is -3.05. The van der Waals surface area contributed by atoms with Gasteiger partial charge in [0.05, 0.1) is 23.6 Å². The number of rotatable bonds is 4. The molecule has 0 radical (unpaired) electrons. The van der Waals surface area contributed by atoms with Gasteiger partial charge in [0.15, 0.2) is 0 Å². The van der Waals surface area contributed by atoms with Gasteiger partial charge in [0.2, 0.25) is 0 Å². The first-order valence-corrected chi connectivity index (χ1v) is 15.1. The molecule has 0 amide bonds. The number of aromatic nitrogens is 2. The van der Waals surface area contributed by atoms with E-state index in [9.17, 15) is 0 Å². The molecule has 44 heavy (non-hydrogen) atoms. The predicted octanol–water partition coefficient (Wildman–Crippen LogP) is 11.6. The van der Waals surface area contributed by atoms with Crippen LogP contribution >= 0.6 is 11.3 Å². The first-order valence-electron chi connectivity index (χ1n) is 19.2. The molecule has 0 saturated heterocycles. The highest BCUT2D eigenvalue weighted by Gasteiger charge is 2.22. The molecule has 2 nitrogen and oxygen atoms in total. The van der Waals surface area contributed by atoms with E-state index in [1.807, 2.05) is 54.6 Å². The molecule has 0 aliphatic rings. The van der Waals surface area contributed by atoms with E-state index in [2.05, 4.69) is 29.2 Å². The van der Waals surface area contributed by atoms with Gasteiger partial charge in [0.1, 0.15) is 5.82 Å². The maximum Gasteiger partial charge on any atom is 0.114 e. The highest BCUT2D eigenvalue weighted by Crippen LogP contribution is 2.47. The second-order valence-corrected chi connectivity index (χ2v) is 11.8. The number of benzene rings is 7. The summed E-state index contributed by atoms with van der Waals surface area (Å²) in [5.41, 5.74) is 3.65. The molecule has 0 saturated carbocycles. The summed E-state index contributed by atoms with van der Waals surface area (Å²) in [6, 6.07) is 32.5. The topological polar surface area (TPSA) is 17.8 Å². The van der Waals surface area contributed by atoms with Crippen LogP contribution in [0.5, 0.6) is 0 Å². The fourth-order valence-electron chi connectivity index (χ4n) is 6.56. The van der Waals surface area contributed by atoms with E-state index < -0.39 is 31.4 Å². The first kappa shape index (κ1) is 17.1. The van der Waals surface area contributed by atoms with E-state index in [-0.39, 0.29) is 23.5 Å². The second kappa shape index (κ2) is 9.90. The summed E-state index contributed by atoms with van der Waals surface area (Å²) in [5.74, 6) is -0.275. The molecule has 208 valence electrons. The van der Waals surface area contributed by atoms with Crippen molar-refractivity contribution in [1.29, 1.82) is 0 Å². The second-order valence-electron chi connectivity index (χ2n) is 10.7. The van der Waals surface area contributed by atoms with Crippen molar-refractivity contribution in [2.45, 2.75) is 13.2 Å². The quantitative estimate of drug-likeness (QED) is 0.186. The predicted molar refractivity (Wildman–Crippen MR) is 189 cm³/mol. The Bertz CT molecular complexity index is 3000. The van der Waals surface area contributed by atoms with Gasteiger partial charge >= 0.3 is 0 Å². The molecule has 9 rings (SSSR count). The number of hydrogen-bond donors (Lipinski definition) is 0. The number of hydrogen-bond acceptors (Lipinski definition) is 2. The molecule has 0 fully saturated rings. The largest absolute Gasteiger partial charge is 0.295 e. The maximum atomic E-state index is 8.96. The minimum absolute atomic E-state index is 0.0512. The molecule has 0 aliphatic heterocycles. The SMILES string of the molecule is [2H]c1c([2H])c([2H])c(-c2ccc3c(-n4c(C([2H])([2H])C([2H])([2H])[2H])nc5ccccc54)c4ccccc4c(-c4cccc5sc6ccccc6c45)c3c2)c([2H])c1[2H]. The number of nitrogens with zero attached hydrogens (tertiary/aromatic N) is 2. The normalized spacial score (nSPS) is 15.7. The van der Waals surface area contributed by atoms with E-state index in [1.165, 1.54) is 0 Å². The molecule has 0 spiro atoms. The zero-order valence-corrected chi connectivity index (χ0v) is 24.0. The number of thiophene rings is 1. The van der Waals surface area contributed by atoms with Crippen molar-refractivity contribution in [1.82, 2.24) is 9.55 Å². The monoisotopic (exact) mass is 590 g/mol. The van der Waals surface area contributed by atoms with Crippen LogP contribution in [-0.4, -0.2) is 9.55 Å². The third kappa shape index (κ3) is 3.69. The minimum Gasteiger partial charge on any atom is -0.295 e. The number of aryl methyl sites for hydroxylation is 1. The Balaban J connectivity index is 1.51. The smallest absolute Gasteiger partial charge is 0.114 e. The molecule has 9 aromatic rings. The lowest BCUT2D eigenvalue weighted by Crippen LogP contribution is -2.03.